The maximum Gasteiger partial charge on any atom is 0.223 e. The molecule has 2 fully saturated rings. The highest BCUT2D eigenvalue weighted by Crippen LogP contribution is 2.26. The van der Waals surface area contributed by atoms with Crippen LogP contribution in [-0.2, 0) is 4.79 Å². The molecule has 2 saturated carbocycles. The number of nitrogens with one attached hydrogen (secondary N) is 1. The van der Waals surface area contributed by atoms with Crippen molar-refractivity contribution in [2.75, 3.05) is 6.54 Å². The van der Waals surface area contributed by atoms with Crippen LogP contribution < -0.4 is 5.32 Å². The largest absolute Gasteiger partial charge is 0.393 e. The van der Waals surface area contributed by atoms with Gasteiger partial charge in [-0.25, -0.2) is 0 Å². The second kappa shape index (κ2) is 5.67. The third kappa shape index (κ3) is 2.97. The van der Waals surface area contributed by atoms with Crippen LogP contribution in [0.2, 0.25) is 0 Å². The Morgan fingerprint density at radius 1 is 1.06 bits per heavy atom. The second-order valence-electron chi connectivity index (χ2n) is 5.34. The molecule has 0 aromatic carbocycles. The Balaban J connectivity index is 1.71. The molecule has 0 aliphatic heterocycles. The first-order valence-corrected chi connectivity index (χ1v) is 6.73. The van der Waals surface area contributed by atoms with E-state index in [4.69, 9.17) is 0 Å². The van der Waals surface area contributed by atoms with Crippen molar-refractivity contribution < 1.29 is 9.90 Å². The van der Waals surface area contributed by atoms with Gasteiger partial charge in [0, 0.05) is 18.4 Å². The molecular weight excluding hydrogens is 202 g/mol. The molecular formula is C13H23NO2. The molecule has 0 spiro atoms. The van der Waals surface area contributed by atoms with E-state index in [1.165, 1.54) is 19.3 Å². The van der Waals surface area contributed by atoms with E-state index in [9.17, 15) is 9.90 Å². The average molecular weight is 225 g/mol. The molecule has 2 N–H and O–H groups in total. The Morgan fingerprint density at radius 2 is 1.69 bits per heavy atom. The van der Waals surface area contributed by atoms with Crippen molar-refractivity contribution >= 4 is 5.91 Å². The first kappa shape index (κ1) is 11.9. The molecule has 2 rings (SSSR count). The van der Waals surface area contributed by atoms with Crippen molar-refractivity contribution in [3.63, 3.8) is 0 Å². The van der Waals surface area contributed by atoms with Crippen LogP contribution >= 0.6 is 0 Å². The first-order chi connectivity index (χ1) is 7.77. The summed E-state index contributed by atoms with van der Waals surface area (Å²) in [6.45, 7) is 0.677. The Morgan fingerprint density at radius 3 is 2.38 bits per heavy atom. The smallest absolute Gasteiger partial charge is 0.223 e. The van der Waals surface area contributed by atoms with Crippen LogP contribution in [0.15, 0.2) is 0 Å². The van der Waals surface area contributed by atoms with E-state index in [1.807, 2.05) is 0 Å². The van der Waals surface area contributed by atoms with Crippen molar-refractivity contribution in [2.45, 2.75) is 57.5 Å². The number of carbonyl (C=O) groups excluding carboxylic acids is 1. The maximum atomic E-state index is 11.8. The van der Waals surface area contributed by atoms with E-state index in [2.05, 4.69) is 5.32 Å². The van der Waals surface area contributed by atoms with Crippen LogP contribution in [0.4, 0.5) is 0 Å². The predicted molar refractivity (Wildman–Crippen MR) is 62.9 cm³/mol. The number of aliphatic hydroxyl groups is 1. The van der Waals surface area contributed by atoms with Crippen molar-refractivity contribution in [3.05, 3.63) is 0 Å². The Labute approximate surface area is 97.6 Å². The highest BCUT2D eigenvalue weighted by Gasteiger charge is 2.26. The van der Waals surface area contributed by atoms with Gasteiger partial charge in [-0.05, 0) is 25.7 Å². The molecule has 16 heavy (non-hydrogen) atoms. The lowest BCUT2D eigenvalue weighted by molar-refractivity contribution is -0.125. The quantitative estimate of drug-likeness (QED) is 0.770. The zero-order valence-electron chi connectivity index (χ0n) is 9.95. The maximum absolute atomic E-state index is 11.8. The fourth-order valence-corrected chi connectivity index (χ4v) is 2.99. The van der Waals surface area contributed by atoms with Crippen LogP contribution in [0.25, 0.3) is 0 Å². The molecule has 0 saturated heterocycles. The van der Waals surface area contributed by atoms with Crippen LogP contribution in [0, 0.1) is 11.8 Å². The average Bonchev–Trinajstić information content (AvgIpc) is 2.81. The van der Waals surface area contributed by atoms with E-state index in [0.29, 0.717) is 12.5 Å². The summed E-state index contributed by atoms with van der Waals surface area (Å²) in [4.78, 5) is 11.8. The number of rotatable bonds is 3. The Hall–Kier alpha value is -0.570. The topological polar surface area (TPSA) is 49.3 Å². The first-order valence-electron chi connectivity index (χ1n) is 6.73. The van der Waals surface area contributed by atoms with Gasteiger partial charge < -0.3 is 10.4 Å². The van der Waals surface area contributed by atoms with Crippen molar-refractivity contribution in [3.8, 4) is 0 Å². The lowest BCUT2D eigenvalue weighted by Crippen LogP contribution is -2.38. The molecule has 2 atom stereocenters. The van der Waals surface area contributed by atoms with Crippen LogP contribution in [-0.4, -0.2) is 23.7 Å². The van der Waals surface area contributed by atoms with Crippen molar-refractivity contribution in [1.82, 2.24) is 5.32 Å². The predicted octanol–water partition coefficient (Wildman–Crippen LogP) is 1.84. The van der Waals surface area contributed by atoms with E-state index in [-0.39, 0.29) is 17.9 Å². The van der Waals surface area contributed by atoms with Crippen LogP contribution in [0.5, 0.6) is 0 Å². The summed E-state index contributed by atoms with van der Waals surface area (Å²) in [5.41, 5.74) is 0. The fourth-order valence-electron chi connectivity index (χ4n) is 2.99. The number of hydrogen-bond donors (Lipinski definition) is 2. The summed E-state index contributed by atoms with van der Waals surface area (Å²) in [5.74, 6) is 0.759. The van der Waals surface area contributed by atoms with E-state index in [1.54, 1.807) is 0 Å². The zero-order chi connectivity index (χ0) is 11.4. The molecule has 2 aliphatic carbocycles. The summed E-state index contributed by atoms with van der Waals surface area (Å²) in [7, 11) is 0. The van der Waals surface area contributed by atoms with Gasteiger partial charge in [-0.3, -0.25) is 4.79 Å². The van der Waals surface area contributed by atoms with Crippen LogP contribution in [0.3, 0.4) is 0 Å². The van der Waals surface area contributed by atoms with E-state index in [0.717, 1.165) is 32.1 Å². The summed E-state index contributed by atoms with van der Waals surface area (Å²) < 4.78 is 0. The Kier molecular flexibility index (Phi) is 4.22. The normalized spacial score (nSPS) is 31.6. The molecule has 1 amide bonds. The van der Waals surface area contributed by atoms with Gasteiger partial charge in [0.2, 0.25) is 5.91 Å². The standard InChI is InChI=1S/C13H23NO2/c15-12-8-4-3-7-11(12)9-14-13(16)10-5-1-2-6-10/h10-12,15H,1-9H2,(H,14,16). The number of amides is 1. The number of hydrogen-bond acceptors (Lipinski definition) is 2. The van der Waals surface area contributed by atoms with Gasteiger partial charge in [-0.1, -0.05) is 25.7 Å². The fraction of sp³-hybridized carbons (Fsp3) is 0.923. The van der Waals surface area contributed by atoms with Gasteiger partial charge in [0.25, 0.3) is 0 Å². The van der Waals surface area contributed by atoms with E-state index < -0.39 is 0 Å². The van der Waals surface area contributed by atoms with Gasteiger partial charge in [-0.15, -0.1) is 0 Å². The number of aliphatic hydroxyl groups excluding tert-OH is 1. The van der Waals surface area contributed by atoms with Crippen molar-refractivity contribution in [1.29, 1.82) is 0 Å². The highest BCUT2D eigenvalue weighted by atomic mass is 16.3. The molecule has 0 aromatic heterocycles. The summed E-state index contributed by atoms with van der Waals surface area (Å²) in [6.07, 6.45) is 8.61. The minimum atomic E-state index is -0.197. The molecule has 0 bridgehead atoms. The molecule has 0 heterocycles. The lowest BCUT2D eigenvalue weighted by atomic mass is 9.86. The lowest BCUT2D eigenvalue weighted by Gasteiger charge is -2.28. The molecule has 2 aliphatic rings. The summed E-state index contributed by atoms with van der Waals surface area (Å²) in [5, 5.41) is 12.8. The van der Waals surface area contributed by atoms with Gasteiger partial charge in [0.1, 0.15) is 0 Å². The summed E-state index contributed by atoms with van der Waals surface area (Å²) in [6, 6.07) is 0. The van der Waals surface area contributed by atoms with E-state index >= 15 is 0 Å². The number of carbonyl (C=O) groups is 1. The molecule has 3 nitrogen and oxygen atoms in total. The van der Waals surface area contributed by atoms with Crippen LogP contribution in [0.1, 0.15) is 51.4 Å². The van der Waals surface area contributed by atoms with Gasteiger partial charge in [-0.2, -0.15) is 0 Å². The monoisotopic (exact) mass is 225 g/mol. The molecule has 0 aromatic rings. The van der Waals surface area contributed by atoms with Crippen molar-refractivity contribution in [2.24, 2.45) is 11.8 Å². The zero-order valence-corrected chi connectivity index (χ0v) is 9.95. The van der Waals surface area contributed by atoms with Gasteiger partial charge >= 0.3 is 0 Å². The third-order valence-corrected chi connectivity index (χ3v) is 4.13. The molecule has 3 heteroatoms. The molecule has 0 radical (unpaired) electrons. The second-order valence-corrected chi connectivity index (χ2v) is 5.34. The third-order valence-electron chi connectivity index (χ3n) is 4.13. The minimum Gasteiger partial charge on any atom is -0.393 e. The molecule has 92 valence electrons. The minimum absolute atomic E-state index is 0.197. The van der Waals surface area contributed by atoms with Gasteiger partial charge in [0.05, 0.1) is 6.10 Å². The Bertz CT molecular complexity index is 236. The molecule has 2 unspecified atom stereocenters. The van der Waals surface area contributed by atoms with Gasteiger partial charge in [0.15, 0.2) is 0 Å². The summed E-state index contributed by atoms with van der Waals surface area (Å²) >= 11 is 0. The highest BCUT2D eigenvalue weighted by molar-refractivity contribution is 5.78. The SMILES string of the molecule is O=C(NCC1CCCCC1O)C1CCCC1.